The van der Waals surface area contributed by atoms with E-state index in [0.717, 1.165) is 18.5 Å². The second-order valence-corrected chi connectivity index (χ2v) is 13.1. The number of hydrogen-bond donors (Lipinski definition) is 1. The molecule has 0 bridgehead atoms. The van der Waals surface area contributed by atoms with E-state index in [1.165, 1.54) is 64.1 Å². The van der Waals surface area contributed by atoms with E-state index in [4.69, 9.17) is 28.7 Å². The lowest BCUT2D eigenvalue weighted by atomic mass is 10.00. The minimum absolute atomic E-state index is 0.0311. The number of benzene rings is 1. The summed E-state index contributed by atoms with van der Waals surface area (Å²) in [6.45, 7) is 9.20. The minimum Gasteiger partial charge on any atom is -0.466 e. The smallest absolute Gasteiger partial charge is 0.307 e. The molecule has 47 heavy (non-hydrogen) atoms. The summed E-state index contributed by atoms with van der Waals surface area (Å²) in [6, 6.07) is 9.40. The fourth-order valence-corrected chi connectivity index (χ4v) is 6.58. The lowest BCUT2D eigenvalue weighted by molar-refractivity contribution is -0.225. The molecule has 5 atom stereocenters. The van der Waals surface area contributed by atoms with Gasteiger partial charge in [0.25, 0.3) is 0 Å². The van der Waals surface area contributed by atoms with Crippen molar-refractivity contribution in [3.63, 3.8) is 0 Å². The number of carbonyl (C=O) groups excluding carboxylic acids is 1. The number of hydrogen-bond acceptors (Lipinski definition) is 10. The van der Waals surface area contributed by atoms with E-state index in [0.29, 0.717) is 23.6 Å². The average molecular weight is 652 g/mol. The first-order chi connectivity index (χ1) is 22.9. The number of ether oxygens (including phenoxy) is 5. The molecule has 2 fully saturated rings. The van der Waals surface area contributed by atoms with Crippen molar-refractivity contribution in [2.75, 3.05) is 18.5 Å². The zero-order valence-electron chi connectivity index (χ0n) is 28.6. The van der Waals surface area contributed by atoms with Gasteiger partial charge in [-0.2, -0.15) is 0 Å². The topological polar surface area (TPSA) is 119 Å². The second kappa shape index (κ2) is 17.3. The predicted octanol–water partition coefficient (Wildman–Crippen LogP) is 7.12. The molecule has 0 saturated carbocycles. The highest BCUT2D eigenvalue weighted by Crippen LogP contribution is 2.43. The molecule has 2 aromatic heterocycles. The largest absolute Gasteiger partial charge is 0.466 e. The van der Waals surface area contributed by atoms with Crippen LogP contribution in [0.15, 0.2) is 43.0 Å². The van der Waals surface area contributed by atoms with Crippen LogP contribution >= 0.6 is 0 Å². The third kappa shape index (κ3) is 9.49. The fourth-order valence-electron chi connectivity index (χ4n) is 6.58. The standard InChI is InChI=1S/C36H53N5O6/c1-5-7-8-9-10-11-12-13-14-18-21-37-33-29-34(39-24-38-33)41(25-40-29)27(22-28(42)43-6-2)30-31(44-23-26-19-16-15-17-20-26)32-35(45-30)47-36(3,4)46-32/h15-17,19-20,24-25,27,30-32,35H,5-14,18,21-23H2,1-4H3,(H,37,38,39)/t27-,30-,31+,32-,35-/m1/s1. The van der Waals surface area contributed by atoms with Crippen LogP contribution in [0.25, 0.3) is 11.2 Å². The number of nitrogens with zero attached hydrogens (tertiary/aromatic N) is 4. The van der Waals surface area contributed by atoms with Crippen LogP contribution in [0.3, 0.4) is 0 Å². The van der Waals surface area contributed by atoms with Crippen molar-refractivity contribution in [3.05, 3.63) is 48.5 Å². The number of fused-ring (bicyclic) bond motifs is 2. The van der Waals surface area contributed by atoms with Crippen LogP contribution in [0.5, 0.6) is 0 Å². The number of anilines is 1. The van der Waals surface area contributed by atoms with E-state index >= 15 is 0 Å². The van der Waals surface area contributed by atoms with Gasteiger partial charge in [-0.25, -0.2) is 15.0 Å². The molecule has 5 rings (SSSR count). The summed E-state index contributed by atoms with van der Waals surface area (Å²) < 4.78 is 32.7. The number of imidazole rings is 1. The monoisotopic (exact) mass is 651 g/mol. The third-order valence-corrected chi connectivity index (χ3v) is 8.91. The van der Waals surface area contributed by atoms with Gasteiger partial charge in [0.2, 0.25) is 0 Å². The number of unbranched alkanes of at least 4 members (excludes halogenated alkanes) is 9. The third-order valence-electron chi connectivity index (χ3n) is 8.91. The van der Waals surface area contributed by atoms with Gasteiger partial charge in [-0.05, 0) is 32.8 Å². The lowest BCUT2D eigenvalue weighted by Crippen LogP contribution is -2.42. The molecular formula is C36H53N5O6. The van der Waals surface area contributed by atoms with Gasteiger partial charge in [0.1, 0.15) is 30.2 Å². The van der Waals surface area contributed by atoms with E-state index in [1.54, 1.807) is 13.3 Å². The summed E-state index contributed by atoms with van der Waals surface area (Å²) in [7, 11) is 0. The van der Waals surface area contributed by atoms with Crippen molar-refractivity contribution in [3.8, 4) is 0 Å². The number of aromatic nitrogens is 4. The Labute approximate surface area is 279 Å². The zero-order chi connectivity index (χ0) is 33.1. The Morgan fingerprint density at radius 2 is 1.68 bits per heavy atom. The maximum atomic E-state index is 13.0. The van der Waals surface area contributed by atoms with Crippen LogP contribution in [0, 0.1) is 0 Å². The summed E-state index contributed by atoms with van der Waals surface area (Å²) in [4.78, 5) is 26.8. The van der Waals surface area contributed by atoms with Crippen LogP contribution in [-0.2, 0) is 35.1 Å². The molecule has 2 aliphatic rings. The highest BCUT2D eigenvalue weighted by molar-refractivity contribution is 5.83. The van der Waals surface area contributed by atoms with Gasteiger partial charge in [-0.15, -0.1) is 0 Å². The fraction of sp³-hybridized carbons (Fsp3) is 0.667. The highest BCUT2D eigenvalue weighted by atomic mass is 16.8. The van der Waals surface area contributed by atoms with Gasteiger partial charge >= 0.3 is 5.97 Å². The maximum Gasteiger partial charge on any atom is 0.307 e. The van der Waals surface area contributed by atoms with Gasteiger partial charge in [0.15, 0.2) is 23.5 Å². The van der Waals surface area contributed by atoms with E-state index in [-0.39, 0.29) is 19.0 Å². The molecule has 11 heteroatoms. The molecule has 0 unspecified atom stereocenters. The molecule has 3 aromatic rings. The Bertz CT molecular complexity index is 1380. The molecule has 2 saturated heterocycles. The quantitative estimate of drug-likeness (QED) is 0.1000. The van der Waals surface area contributed by atoms with E-state index in [2.05, 4.69) is 22.2 Å². The first-order valence-corrected chi connectivity index (χ1v) is 17.6. The Balaban J connectivity index is 1.28. The van der Waals surface area contributed by atoms with Gasteiger partial charge in [0, 0.05) is 6.54 Å². The molecule has 0 spiro atoms. The lowest BCUT2D eigenvalue weighted by Gasteiger charge is -2.31. The Hall–Kier alpha value is -3.12. The summed E-state index contributed by atoms with van der Waals surface area (Å²) >= 11 is 0. The highest BCUT2D eigenvalue weighted by Gasteiger charge is 2.57. The summed E-state index contributed by atoms with van der Waals surface area (Å²) in [5.74, 6) is -0.499. The number of nitrogens with one attached hydrogen (secondary N) is 1. The van der Waals surface area contributed by atoms with E-state index in [9.17, 15) is 4.79 Å². The van der Waals surface area contributed by atoms with E-state index < -0.39 is 36.4 Å². The van der Waals surface area contributed by atoms with Crippen molar-refractivity contribution >= 4 is 23.0 Å². The Morgan fingerprint density at radius 3 is 2.40 bits per heavy atom. The van der Waals surface area contributed by atoms with Gasteiger partial charge in [-0.3, -0.25) is 4.79 Å². The van der Waals surface area contributed by atoms with Crippen molar-refractivity contribution in [1.29, 1.82) is 0 Å². The summed E-state index contributed by atoms with van der Waals surface area (Å²) in [6.07, 6.45) is 13.8. The van der Waals surface area contributed by atoms with Crippen LogP contribution < -0.4 is 5.32 Å². The molecule has 11 nitrogen and oxygen atoms in total. The number of carbonyl (C=O) groups is 1. The van der Waals surface area contributed by atoms with Crippen molar-refractivity contribution in [2.24, 2.45) is 0 Å². The average Bonchev–Trinajstić information content (AvgIpc) is 3.72. The molecule has 1 N–H and O–H groups in total. The number of rotatable bonds is 20. The van der Waals surface area contributed by atoms with Crippen LogP contribution in [0.4, 0.5) is 5.82 Å². The first-order valence-electron chi connectivity index (χ1n) is 17.6. The Morgan fingerprint density at radius 1 is 0.957 bits per heavy atom. The SMILES string of the molecule is CCCCCCCCCCCCNc1ncnc2c1ncn2[C@H](CC(=O)OCC)[C@H]1O[C@@H]2OC(C)(C)O[C@@H]2[C@H]1OCc1ccccc1. The van der Waals surface area contributed by atoms with Gasteiger partial charge < -0.3 is 33.6 Å². The van der Waals surface area contributed by atoms with Crippen LogP contribution in [0.2, 0.25) is 0 Å². The van der Waals surface area contributed by atoms with Crippen molar-refractivity contribution in [2.45, 2.75) is 141 Å². The molecule has 4 heterocycles. The minimum atomic E-state index is -0.824. The molecular weight excluding hydrogens is 598 g/mol. The Kier molecular flexibility index (Phi) is 13.0. The summed E-state index contributed by atoms with van der Waals surface area (Å²) in [5, 5.41) is 3.47. The maximum absolute atomic E-state index is 13.0. The summed E-state index contributed by atoms with van der Waals surface area (Å²) in [5.41, 5.74) is 2.26. The molecule has 0 aliphatic carbocycles. The van der Waals surface area contributed by atoms with Crippen LogP contribution in [-0.4, -0.2) is 69.0 Å². The van der Waals surface area contributed by atoms with Crippen molar-refractivity contribution in [1.82, 2.24) is 19.5 Å². The van der Waals surface area contributed by atoms with Gasteiger partial charge in [-0.1, -0.05) is 95.0 Å². The molecule has 0 radical (unpaired) electrons. The zero-order valence-corrected chi connectivity index (χ0v) is 28.6. The molecule has 0 amide bonds. The molecule has 2 aliphatic heterocycles. The van der Waals surface area contributed by atoms with E-state index in [1.807, 2.05) is 48.7 Å². The van der Waals surface area contributed by atoms with Crippen LogP contribution in [0.1, 0.15) is 110 Å². The second-order valence-electron chi connectivity index (χ2n) is 13.1. The van der Waals surface area contributed by atoms with Gasteiger partial charge in [0.05, 0.1) is 32.0 Å². The van der Waals surface area contributed by atoms with Crippen molar-refractivity contribution < 1.29 is 28.5 Å². The normalized spacial score (nSPS) is 22.4. The predicted molar refractivity (Wildman–Crippen MR) is 180 cm³/mol. The molecule has 1 aromatic carbocycles. The number of esters is 1. The first kappa shape index (κ1) is 35.2. The molecule has 258 valence electrons.